The molecule has 1 aliphatic rings. The number of halogens is 4. The average molecular weight is 380 g/mol. The molecule has 1 aromatic carbocycles. The average Bonchev–Trinajstić information content (AvgIpc) is 2.62. The molecule has 0 radical (unpaired) electrons. The normalized spacial score (nSPS) is 18.2. The zero-order valence-corrected chi connectivity index (χ0v) is 15.0. The predicted octanol–water partition coefficient (Wildman–Crippen LogP) is 6.17. The Morgan fingerprint density at radius 3 is 2.41 bits per heavy atom. The molecule has 0 aliphatic heterocycles. The molecule has 2 rings (SSSR count). The van der Waals surface area contributed by atoms with Crippen LogP contribution in [0.15, 0.2) is 65.0 Å². The molecule has 0 amide bonds. The number of alkyl halides is 3. The largest absolute Gasteiger partial charge is 0.478 e. The highest BCUT2D eigenvalue weighted by Gasteiger charge is 2.35. The second kappa shape index (κ2) is 8.37. The van der Waals surface area contributed by atoms with Crippen LogP contribution in [0.4, 0.5) is 17.6 Å². The van der Waals surface area contributed by atoms with Crippen molar-refractivity contribution < 1.29 is 27.5 Å². The second-order valence-electron chi connectivity index (χ2n) is 6.39. The number of carbonyl (C=O) groups is 1. The minimum Gasteiger partial charge on any atom is -0.478 e. The third-order valence-corrected chi connectivity index (χ3v) is 4.53. The van der Waals surface area contributed by atoms with Crippen LogP contribution in [0, 0.1) is 0 Å². The van der Waals surface area contributed by atoms with Crippen molar-refractivity contribution in [1.29, 1.82) is 0 Å². The van der Waals surface area contributed by atoms with E-state index >= 15 is 0 Å². The van der Waals surface area contributed by atoms with E-state index in [9.17, 15) is 22.4 Å². The minimum atomic E-state index is -4.87. The predicted molar refractivity (Wildman–Crippen MR) is 96.7 cm³/mol. The van der Waals surface area contributed by atoms with Crippen LogP contribution in [-0.2, 0) is 11.2 Å². The molecular formula is C21H20F4O2. The van der Waals surface area contributed by atoms with E-state index in [1.165, 1.54) is 13.8 Å². The number of hydrogen-bond donors (Lipinski definition) is 1. The van der Waals surface area contributed by atoms with Crippen molar-refractivity contribution in [2.75, 3.05) is 0 Å². The maximum absolute atomic E-state index is 14.4. The maximum atomic E-state index is 14.4. The van der Waals surface area contributed by atoms with Crippen LogP contribution in [0.25, 0.3) is 5.57 Å². The molecule has 0 atom stereocenters. The van der Waals surface area contributed by atoms with E-state index in [0.717, 1.165) is 24.1 Å². The van der Waals surface area contributed by atoms with Gasteiger partial charge in [-0.15, -0.1) is 0 Å². The molecule has 1 N–H and O–H groups in total. The van der Waals surface area contributed by atoms with Crippen molar-refractivity contribution in [3.63, 3.8) is 0 Å². The second-order valence-corrected chi connectivity index (χ2v) is 6.39. The van der Waals surface area contributed by atoms with E-state index in [1.807, 2.05) is 12.1 Å². The van der Waals surface area contributed by atoms with Crippen LogP contribution in [0.1, 0.15) is 37.8 Å². The van der Waals surface area contributed by atoms with Gasteiger partial charge in [0, 0.05) is 5.57 Å². The van der Waals surface area contributed by atoms with E-state index in [2.05, 4.69) is 0 Å². The Morgan fingerprint density at radius 2 is 1.78 bits per heavy atom. The molecule has 0 fully saturated rings. The summed E-state index contributed by atoms with van der Waals surface area (Å²) in [6.45, 7) is 2.70. The molecular weight excluding hydrogens is 360 g/mol. The van der Waals surface area contributed by atoms with Gasteiger partial charge in [0.15, 0.2) is 0 Å². The lowest BCUT2D eigenvalue weighted by atomic mass is 9.86. The zero-order chi connectivity index (χ0) is 20.2. The topological polar surface area (TPSA) is 37.3 Å². The standard InChI is InChI=1S/C21H20F4O2/c1-13(14(2)20(26)27)10-11-19(22)18(21(23,24)25)12-16-8-5-7-15-6-3-4-9-17(15)16/h3-4,6,9-12H,5,7-8H2,1-2H3,(H,26,27)/b11-10+,14-13+,16-12+,19-18-. The molecule has 1 aliphatic carbocycles. The van der Waals surface area contributed by atoms with Gasteiger partial charge in [0.05, 0.1) is 5.57 Å². The van der Waals surface area contributed by atoms with Gasteiger partial charge in [0.1, 0.15) is 5.83 Å². The van der Waals surface area contributed by atoms with Crippen molar-refractivity contribution in [3.05, 3.63) is 76.2 Å². The number of aliphatic carboxylic acids is 1. The van der Waals surface area contributed by atoms with E-state index in [1.54, 1.807) is 12.1 Å². The van der Waals surface area contributed by atoms with Crippen molar-refractivity contribution in [2.45, 2.75) is 39.3 Å². The molecule has 0 saturated heterocycles. The number of fused-ring (bicyclic) bond motifs is 1. The highest BCUT2D eigenvalue weighted by atomic mass is 19.4. The van der Waals surface area contributed by atoms with Crippen molar-refractivity contribution >= 4 is 11.5 Å². The monoisotopic (exact) mass is 380 g/mol. The minimum absolute atomic E-state index is 0.0628. The number of carboxylic acids is 1. The lowest BCUT2D eigenvalue weighted by Crippen LogP contribution is -2.13. The molecule has 0 spiro atoms. The van der Waals surface area contributed by atoms with Crippen LogP contribution < -0.4 is 0 Å². The van der Waals surface area contributed by atoms with Gasteiger partial charge >= 0.3 is 12.1 Å². The first-order valence-corrected chi connectivity index (χ1v) is 8.46. The van der Waals surface area contributed by atoms with Gasteiger partial charge in [-0.25, -0.2) is 9.18 Å². The Bertz CT molecular complexity index is 855. The molecule has 2 nitrogen and oxygen atoms in total. The summed E-state index contributed by atoms with van der Waals surface area (Å²) in [6.07, 6.45) is -0.391. The Morgan fingerprint density at radius 1 is 1.11 bits per heavy atom. The quantitative estimate of drug-likeness (QED) is 0.385. The Labute approximate surface area is 155 Å². The van der Waals surface area contributed by atoms with E-state index in [0.29, 0.717) is 30.1 Å². The fourth-order valence-corrected chi connectivity index (χ4v) is 2.85. The van der Waals surface area contributed by atoms with Crippen LogP contribution in [-0.4, -0.2) is 17.3 Å². The molecule has 27 heavy (non-hydrogen) atoms. The van der Waals surface area contributed by atoms with Gasteiger partial charge in [0.2, 0.25) is 0 Å². The lowest BCUT2D eigenvalue weighted by Gasteiger charge is -2.20. The number of hydrogen-bond acceptors (Lipinski definition) is 1. The molecule has 144 valence electrons. The van der Waals surface area contributed by atoms with Crippen molar-refractivity contribution in [3.8, 4) is 0 Å². The summed E-state index contributed by atoms with van der Waals surface area (Å²) in [6, 6.07) is 7.17. The molecule has 1 aromatic rings. The Hall–Kier alpha value is -2.63. The summed E-state index contributed by atoms with van der Waals surface area (Å²) in [4.78, 5) is 10.9. The van der Waals surface area contributed by atoms with Crippen LogP contribution in [0.2, 0.25) is 0 Å². The van der Waals surface area contributed by atoms with Crippen LogP contribution in [0.5, 0.6) is 0 Å². The number of carboxylic acid groups (broad SMARTS) is 1. The maximum Gasteiger partial charge on any atom is 0.419 e. The molecule has 6 heteroatoms. The van der Waals surface area contributed by atoms with Gasteiger partial charge in [0.25, 0.3) is 0 Å². The van der Waals surface area contributed by atoms with Crippen molar-refractivity contribution in [1.82, 2.24) is 0 Å². The fourth-order valence-electron chi connectivity index (χ4n) is 2.85. The highest BCUT2D eigenvalue weighted by molar-refractivity contribution is 5.87. The van der Waals surface area contributed by atoms with Crippen LogP contribution in [0.3, 0.4) is 0 Å². The van der Waals surface area contributed by atoms with E-state index in [4.69, 9.17) is 5.11 Å². The first kappa shape index (κ1) is 20.7. The smallest absolute Gasteiger partial charge is 0.419 e. The summed E-state index contributed by atoms with van der Waals surface area (Å²) in [5, 5.41) is 8.88. The molecule has 0 heterocycles. The lowest BCUT2D eigenvalue weighted by molar-refractivity contribution is -0.132. The summed E-state index contributed by atoms with van der Waals surface area (Å²) in [7, 11) is 0. The van der Waals surface area contributed by atoms with Gasteiger partial charge < -0.3 is 5.11 Å². The van der Waals surface area contributed by atoms with Gasteiger partial charge in [-0.2, -0.15) is 13.2 Å². The van der Waals surface area contributed by atoms with Crippen LogP contribution >= 0.6 is 0 Å². The number of allylic oxidation sites excluding steroid dienone is 7. The van der Waals surface area contributed by atoms with Gasteiger partial charge in [-0.3, -0.25) is 0 Å². The molecule has 0 aromatic heterocycles. The third kappa shape index (κ3) is 5.18. The fraction of sp³-hybridized carbons (Fsp3) is 0.286. The summed E-state index contributed by atoms with van der Waals surface area (Å²) < 4.78 is 54.7. The first-order valence-electron chi connectivity index (χ1n) is 8.46. The number of benzene rings is 1. The summed E-state index contributed by atoms with van der Waals surface area (Å²) >= 11 is 0. The Balaban J connectivity index is 2.50. The summed E-state index contributed by atoms with van der Waals surface area (Å²) in [5.74, 6) is -2.66. The third-order valence-electron chi connectivity index (χ3n) is 4.53. The number of aryl methyl sites for hydroxylation is 1. The highest BCUT2D eigenvalue weighted by Crippen LogP contribution is 2.37. The zero-order valence-electron chi connectivity index (χ0n) is 15.0. The SMILES string of the molecule is CC(/C=C/C(F)=C(\C=C1/CCCc2ccccc21)C(F)(F)F)=C(/C)C(=O)O. The van der Waals surface area contributed by atoms with E-state index in [-0.39, 0.29) is 11.1 Å². The van der Waals surface area contributed by atoms with E-state index < -0.39 is 23.5 Å². The van der Waals surface area contributed by atoms with Gasteiger partial charge in [-0.05, 0) is 67.5 Å². The number of rotatable bonds is 4. The molecule has 0 bridgehead atoms. The first-order chi connectivity index (χ1) is 12.6. The molecule has 0 saturated carbocycles. The summed E-state index contributed by atoms with van der Waals surface area (Å²) in [5.41, 5.74) is 0.846. The van der Waals surface area contributed by atoms with Gasteiger partial charge in [-0.1, -0.05) is 30.3 Å². The Kier molecular flexibility index (Phi) is 6.41. The van der Waals surface area contributed by atoms with Crippen molar-refractivity contribution in [2.24, 2.45) is 0 Å². The molecule has 0 unspecified atom stereocenters.